The second-order valence-corrected chi connectivity index (χ2v) is 19.9. The summed E-state index contributed by atoms with van der Waals surface area (Å²) >= 11 is 0. The topological polar surface area (TPSA) is 42.4 Å². The molecule has 0 amide bonds. The standard InChI is InChI=1S/C35H48F3NO2Si/c1-33(2,3)42(6,7)41-27-21-34(4,5)20-26-29(27)28(22-12-8-9-13-22)30(31(39-26)23-14-10-11-15-23)32(40)24-16-18-25(19-17-24)35(36,37)38/h14,16-19,22,27,32,40H,8-13,15,20-21H2,1-7H3/t27-,32?/m0/s1. The minimum Gasteiger partial charge on any atom is -0.410 e. The third-order valence-corrected chi connectivity index (χ3v) is 14.8. The molecule has 5 rings (SSSR count). The van der Waals surface area contributed by atoms with Gasteiger partial charge in [-0.25, -0.2) is 0 Å². The molecule has 1 N–H and O–H groups in total. The molecule has 230 valence electrons. The van der Waals surface area contributed by atoms with Gasteiger partial charge in [-0.3, -0.25) is 4.98 Å². The van der Waals surface area contributed by atoms with Gasteiger partial charge in [0, 0.05) is 16.8 Å². The van der Waals surface area contributed by atoms with Crippen molar-refractivity contribution in [1.29, 1.82) is 0 Å². The number of nitrogens with zero attached hydrogens (tertiary/aromatic N) is 1. The number of fused-ring (bicyclic) bond motifs is 1. The smallest absolute Gasteiger partial charge is 0.410 e. The van der Waals surface area contributed by atoms with Crippen LogP contribution in [0.4, 0.5) is 13.2 Å². The van der Waals surface area contributed by atoms with Crippen LogP contribution in [0.5, 0.6) is 0 Å². The van der Waals surface area contributed by atoms with E-state index in [2.05, 4.69) is 53.8 Å². The van der Waals surface area contributed by atoms with Crippen LogP contribution in [0.1, 0.15) is 143 Å². The van der Waals surface area contributed by atoms with Crippen LogP contribution in [0.3, 0.4) is 0 Å². The predicted octanol–water partition coefficient (Wildman–Crippen LogP) is 10.4. The van der Waals surface area contributed by atoms with Crippen molar-refractivity contribution in [3.05, 3.63) is 69.5 Å². The quantitative estimate of drug-likeness (QED) is 0.336. The Balaban J connectivity index is 1.76. The predicted molar refractivity (Wildman–Crippen MR) is 166 cm³/mol. The summed E-state index contributed by atoms with van der Waals surface area (Å²) in [5.41, 5.74) is 6.01. The normalized spacial score (nSPS) is 22.3. The van der Waals surface area contributed by atoms with Gasteiger partial charge < -0.3 is 9.53 Å². The lowest BCUT2D eigenvalue weighted by Crippen LogP contribution is -2.44. The highest BCUT2D eigenvalue weighted by Crippen LogP contribution is 2.53. The number of rotatable bonds is 6. The van der Waals surface area contributed by atoms with E-state index in [9.17, 15) is 18.3 Å². The van der Waals surface area contributed by atoms with Gasteiger partial charge in [-0.15, -0.1) is 0 Å². The Labute approximate surface area is 251 Å². The van der Waals surface area contributed by atoms with E-state index in [1.807, 2.05) is 0 Å². The summed E-state index contributed by atoms with van der Waals surface area (Å²) in [4.78, 5) is 5.40. The molecule has 1 fully saturated rings. The fourth-order valence-electron chi connectivity index (χ4n) is 7.02. The highest BCUT2D eigenvalue weighted by molar-refractivity contribution is 6.74. The number of benzene rings is 1. The molecule has 0 radical (unpaired) electrons. The van der Waals surface area contributed by atoms with Gasteiger partial charge in [0.15, 0.2) is 8.32 Å². The molecule has 1 heterocycles. The monoisotopic (exact) mass is 599 g/mol. The summed E-state index contributed by atoms with van der Waals surface area (Å²) in [6, 6.07) is 5.04. The summed E-state index contributed by atoms with van der Waals surface area (Å²) in [5.74, 6) is 0.272. The van der Waals surface area contributed by atoms with E-state index >= 15 is 0 Å². The van der Waals surface area contributed by atoms with E-state index in [1.54, 1.807) is 0 Å². The van der Waals surface area contributed by atoms with Crippen molar-refractivity contribution in [3.8, 4) is 0 Å². The first-order chi connectivity index (χ1) is 19.5. The summed E-state index contributed by atoms with van der Waals surface area (Å²) in [7, 11) is -2.17. The largest absolute Gasteiger partial charge is 0.416 e. The van der Waals surface area contributed by atoms with Crippen LogP contribution in [0, 0.1) is 5.41 Å². The fourth-order valence-corrected chi connectivity index (χ4v) is 8.29. The Kier molecular flexibility index (Phi) is 8.38. The maximum absolute atomic E-state index is 13.4. The van der Waals surface area contributed by atoms with Crippen LogP contribution in [0.2, 0.25) is 18.1 Å². The van der Waals surface area contributed by atoms with Crippen molar-refractivity contribution < 1.29 is 22.7 Å². The molecule has 3 nitrogen and oxygen atoms in total. The third kappa shape index (κ3) is 6.16. The lowest BCUT2D eigenvalue weighted by molar-refractivity contribution is -0.137. The van der Waals surface area contributed by atoms with Crippen molar-refractivity contribution in [1.82, 2.24) is 4.98 Å². The number of halogens is 3. The number of pyridine rings is 1. The van der Waals surface area contributed by atoms with Crippen LogP contribution >= 0.6 is 0 Å². The Morgan fingerprint density at radius 2 is 1.64 bits per heavy atom. The van der Waals surface area contributed by atoms with Crippen molar-refractivity contribution in [2.75, 3.05) is 0 Å². The molecule has 3 aliphatic rings. The maximum Gasteiger partial charge on any atom is 0.416 e. The van der Waals surface area contributed by atoms with Gasteiger partial charge in [0.05, 0.1) is 17.4 Å². The van der Waals surface area contributed by atoms with E-state index in [0.29, 0.717) is 5.56 Å². The van der Waals surface area contributed by atoms with Gasteiger partial charge in [0.25, 0.3) is 0 Å². The summed E-state index contributed by atoms with van der Waals surface area (Å²) < 4.78 is 47.5. The Bertz CT molecular complexity index is 1330. The van der Waals surface area contributed by atoms with Gasteiger partial charge in [-0.2, -0.15) is 13.2 Å². The molecule has 0 bridgehead atoms. The number of hydrogen-bond acceptors (Lipinski definition) is 3. The maximum atomic E-state index is 13.4. The molecule has 7 heteroatoms. The minimum absolute atomic E-state index is 0.00879. The third-order valence-electron chi connectivity index (χ3n) is 10.3. The number of hydrogen-bond donors (Lipinski definition) is 1. The molecule has 42 heavy (non-hydrogen) atoms. The lowest BCUT2D eigenvalue weighted by atomic mass is 9.70. The van der Waals surface area contributed by atoms with Crippen LogP contribution in [0.15, 0.2) is 30.3 Å². The van der Waals surface area contributed by atoms with Crippen LogP contribution < -0.4 is 0 Å². The molecular weight excluding hydrogens is 551 g/mol. The number of allylic oxidation sites excluding steroid dienone is 2. The zero-order valence-electron chi connectivity index (χ0n) is 26.4. The molecular formula is C35H48F3NO2Si. The van der Waals surface area contributed by atoms with E-state index in [4.69, 9.17) is 9.41 Å². The molecule has 1 aromatic heterocycles. The lowest BCUT2D eigenvalue weighted by Gasteiger charge is -2.45. The highest BCUT2D eigenvalue weighted by atomic mass is 28.4. The van der Waals surface area contributed by atoms with Gasteiger partial charge >= 0.3 is 6.18 Å². The molecule has 2 aromatic rings. The number of aliphatic hydroxyl groups is 1. The number of alkyl halides is 3. The Hall–Kier alpha value is -1.96. The van der Waals surface area contributed by atoms with Gasteiger partial charge in [-0.1, -0.05) is 65.7 Å². The second-order valence-electron chi connectivity index (χ2n) is 15.2. The molecule has 3 aliphatic carbocycles. The van der Waals surface area contributed by atoms with Crippen molar-refractivity contribution >= 4 is 13.9 Å². The van der Waals surface area contributed by atoms with Gasteiger partial charge in [0.2, 0.25) is 0 Å². The van der Waals surface area contributed by atoms with Crippen molar-refractivity contribution in [2.45, 2.75) is 135 Å². The zero-order chi connectivity index (χ0) is 30.7. The Morgan fingerprint density at radius 3 is 2.19 bits per heavy atom. The zero-order valence-corrected chi connectivity index (χ0v) is 27.4. The van der Waals surface area contributed by atoms with Crippen LogP contribution in [-0.4, -0.2) is 18.4 Å². The van der Waals surface area contributed by atoms with E-state index < -0.39 is 26.2 Å². The number of aromatic nitrogens is 1. The molecule has 0 saturated heterocycles. The summed E-state index contributed by atoms with van der Waals surface area (Å²) in [5, 5.41) is 12.2. The van der Waals surface area contributed by atoms with Crippen LogP contribution in [0.25, 0.3) is 5.57 Å². The van der Waals surface area contributed by atoms with Gasteiger partial charge in [0.1, 0.15) is 6.10 Å². The molecule has 0 spiro atoms. The molecule has 0 aliphatic heterocycles. The molecule has 2 atom stereocenters. The van der Waals surface area contributed by atoms with Gasteiger partial charge in [-0.05, 0) is 103 Å². The van der Waals surface area contributed by atoms with Crippen molar-refractivity contribution in [3.63, 3.8) is 0 Å². The Morgan fingerprint density at radius 1 is 1.00 bits per heavy atom. The molecule has 1 unspecified atom stereocenters. The fraction of sp³-hybridized carbons (Fsp3) is 0.629. The summed E-state index contributed by atoms with van der Waals surface area (Å²) in [6.45, 7) is 16.0. The minimum atomic E-state index is -4.42. The molecule has 1 saturated carbocycles. The first kappa shape index (κ1) is 31.5. The van der Waals surface area contributed by atoms with E-state index in [0.717, 1.165) is 98.0 Å². The SMILES string of the molecule is CC1(C)Cc2nc(C3=CCCC3)c(C(O)c3ccc(C(F)(F)F)cc3)c(C3CCCC3)c2[C@@H](O[Si](C)(C)C(C)(C)C)C1. The summed E-state index contributed by atoms with van der Waals surface area (Å²) in [6.07, 6.45) is 5.62. The average molecular weight is 600 g/mol. The first-order valence-corrected chi connectivity index (χ1v) is 18.7. The first-order valence-electron chi connectivity index (χ1n) is 15.8. The van der Waals surface area contributed by atoms with Crippen molar-refractivity contribution in [2.24, 2.45) is 5.41 Å². The highest BCUT2D eigenvalue weighted by Gasteiger charge is 2.46. The molecule has 1 aromatic carbocycles. The van der Waals surface area contributed by atoms with E-state index in [-0.39, 0.29) is 22.5 Å². The second kappa shape index (κ2) is 11.2. The van der Waals surface area contributed by atoms with Crippen LogP contribution in [-0.2, 0) is 17.0 Å². The average Bonchev–Trinajstić information content (AvgIpc) is 3.60. The number of aliphatic hydroxyl groups excluding tert-OH is 1. The van der Waals surface area contributed by atoms with E-state index in [1.165, 1.54) is 17.7 Å².